The zero-order chi connectivity index (χ0) is 21.4. The summed E-state index contributed by atoms with van der Waals surface area (Å²) in [4.78, 5) is 5.84. The van der Waals surface area contributed by atoms with Gasteiger partial charge in [0.05, 0.1) is 0 Å². The Hall–Kier alpha value is -1.63. The van der Waals surface area contributed by atoms with Gasteiger partial charge in [-0.2, -0.15) is 57.1 Å². The summed E-state index contributed by atoms with van der Waals surface area (Å²) in [5.74, 6) is -19.7. The molecule has 0 radical (unpaired) electrons. The van der Waals surface area contributed by atoms with Crippen LogP contribution >= 0.6 is 0 Å². The molecule has 4 N–H and O–H groups in total. The second-order valence-corrected chi connectivity index (χ2v) is 4.55. The number of alkyl halides is 14. The minimum atomic E-state index is -7.94. The van der Waals surface area contributed by atoms with E-state index in [1.165, 1.54) is 0 Å². The van der Waals surface area contributed by atoms with Crippen LogP contribution in [0.3, 0.4) is 0 Å². The zero-order valence-corrected chi connectivity index (χ0v) is 11.7. The third-order valence-electron chi connectivity index (χ3n) is 2.89. The summed E-state index contributed by atoms with van der Waals surface area (Å²) in [5.41, 5.74) is 0. The lowest BCUT2D eigenvalue weighted by atomic mass is 10.0. The number of hydrogen-bond acceptors (Lipinski definition) is 4. The molecule has 1 fully saturated rings. The van der Waals surface area contributed by atoms with Crippen molar-refractivity contribution in [2.24, 2.45) is 0 Å². The molecule has 1 rings (SSSR count). The average molecular weight is 442 g/mol. The number of halogens is 14. The van der Waals surface area contributed by atoms with E-state index in [0.717, 1.165) is 0 Å². The Morgan fingerprint density at radius 3 is 1.30 bits per heavy atom. The number of ether oxygens (including phenoxy) is 1. The summed E-state index contributed by atoms with van der Waals surface area (Å²) in [5, 5.41) is 7.86. The van der Waals surface area contributed by atoms with Gasteiger partial charge in [0.1, 0.15) is 0 Å². The summed E-state index contributed by atoms with van der Waals surface area (Å²) < 4.78 is 184. The molecule has 0 aromatic carbocycles. The quantitative estimate of drug-likeness (QED) is 0.514. The molecule has 1 unspecified atom stereocenters. The number of rotatable bonds is 3. The number of carboxylic acid groups (broad SMARTS) is 1. The Bertz CT molecular complexity index is 578. The third-order valence-corrected chi connectivity index (χ3v) is 2.89. The maximum atomic E-state index is 13.9. The number of carbonyl (C=O) groups is 1. The molecule has 1 atom stereocenters. The van der Waals surface area contributed by atoms with Crippen LogP contribution in [0.5, 0.6) is 0 Å². The lowest BCUT2D eigenvalue weighted by molar-refractivity contribution is -0.594. The van der Waals surface area contributed by atoms with Crippen LogP contribution < -0.4 is 6.15 Å². The number of hydrogen-bond donors (Lipinski definition) is 2. The Balaban J connectivity index is 0.00000676. The highest BCUT2D eigenvalue weighted by molar-refractivity contribution is 5.77. The highest BCUT2D eigenvalue weighted by Gasteiger charge is 2.94. The van der Waals surface area contributed by atoms with Crippen molar-refractivity contribution in [1.82, 2.24) is 11.1 Å². The van der Waals surface area contributed by atoms with Gasteiger partial charge in [0.2, 0.25) is 0 Å². The lowest BCUT2D eigenvalue weighted by Gasteiger charge is -2.52. The minimum absolute atomic E-state index is 0. The summed E-state index contributed by atoms with van der Waals surface area (Å²) in [6, 6.07) is -15.1. The van der Waals surface area contributed by atoms with E-state index in [0.29, 0.717) is 0 Å². The van der Waals surface area contributed by atoms with Gasteiger partial charge in [0, 0.05) is 0 Å². The Morgan fingerprint density at radius 2 is 1.07 bits per heavy atom. The number of aliphatic carboxylic acids is 1. The molecule has 0 aromatic rings. The van der Waals surface area contributed by atoms with Crippen LogP contribution in [-0.4, -0.2) is 58.2 Å². The number of morpholine rings is 1. The van der Waals surface area contributed by atoms with Crippen molar-refractivity contribution in [3.63, 3.8) is 0 Å². The van der Waals surface area contributed by atoms with Crippen molar-refractivity contribution in [2.45, 2.75) is 42.2 Å². The monoisotopic (exact) mass is 442 g/mol. The first-order valence-electron chi connectivity index (χ1n) is 5.40. The van der Waals surface area contributed by atoms with E-state index in [1.54, 1.807) is 4.74 Å². The highest BCUT2D eigenvalue weighted by Crippen LogP contribution is 2.63. The standard InChI is InChI=1S/C8HF14NO3.H3N/c9-2(10,1(24)25)3(11,4(12,13)14)23-5(15,16)7(19,20)26-8(21,22)6(23,17)18;/h(H,24,25);1H3. The maximum Gasteiger partial charge on any atom is 0.444 e. The first-order chi connectivity index (χ1) is 11.0. The topological polar surface area (TPSA) is 84.8 Å². The molecule has 0 bridgehead atoms. The van der Waals surface area contributed by atoms with Crippen LogP contribution in [0.25, 0.3) is 0 Å². The van der Waals surface area contributed by atoms with E-state index < -0.39 is 53.1 Å². The van der Waals surface area contributed by atoms with E-state index in [2.05, 4.69) is 0 Å². The molecule has 162 valence electrons. The first-order valence-corrected chi connectivity index (χ1v) is 5.40. The normalized spacial score (nSPS) is 26.6. The third kappa shape index (κ3) is 2.94. The summed E-state index contributed by atoms with van der Waals surface area (Å²) >= 11 is 0. The average Bonchev–Trinajstić information content (AvgIpc) is 2.33. The van der Waals surface area contributed by atoms with Gasteiger partial charge in [0.15, 0.2) is 0 Å². The van der Waals surface area contributed by atoms with Crippen molar-refractivity contribution in [2.75, 3.05) is 0 Å². The molecule has 0 amide bonds. The van der Waals surface area contributed by atoms with E-state index in [9.17, 15) is 66.3 Å². The van der Waals surface area contributed by atoms with E-state index in [1.807, 2.05) is 0 Å². The van der Waals surface area contributed by atoms with Crippen LogP contribution in [0.4, 0.5) is 61.5 Å². The SMILES string of the molecule is N.O=C(O)C(F)(F)C(F)(N1C(F)(F)C(F)(F)OC(F)(F)C1(F)F)C(F)(F)F. The molecule has 5 nitrogen and oxygen atoms in total. The van der Waals surface area contributed by atoms with Gasteiger partial charge in [-0.05, 0) is 0 Å². The summed E-state index contributed by atoms with van der Waals surface area (Å²) in [6.45, 7) is 0. The summed E-state index contributed by atoms with van der Waals surface area (Å²) in [6.07, 6.45) is -22.0. The molecule has 1 aliphatic heterocycles. The predicted molar refractivity (Wildman–Crippen MR) is 50.2 cm³/mol. The molecule has 19 heteroatoms. The fourth-order valence-corrected chi connectivity index (χ4v) is 1.69. The number of nitrogens with zero attached hydrogens (tertiary/aromatic N) is 1. The fraction of sp³-hybridized carbons (Fsp3) is 0.875. The van der Waals surface area contributed by atoms with Gasteiger partial charge in [-0.25, -0.2) is 13.9 Å². The van der Waals surface area contributed by atoms with Crippen molar-refractivity contribution in [3.8, 4) is 0 Å². The van der Waals surface area contributed by atoms with Gasteiger partial charge in [-0.15, -0.1) is 4.90 Å². The molecule has 1 heterocycles. The van der Waals surface area contributed by atoms with E-state index in [-0.39, 0.29) is 6.15 Å². The molecule has 1 saturated heterocycles. The van der Waals surface area contributed by atoms with E-state index in [4.69, 9.17) is 5.11 Å². The molecule has 0 spiro atoms. The Kier molecular flexibility index (Phi) is 5.57. The fourth-order valence-electron chi connectivity index (χ4n) is 1.69. The second-order valence-electron chi connectivity index (χ2n) is 4.55. The molecule has 0 saturated carbocycles. The highest BCUT2D eigenvalue weighted by atomic mass is 19.4. The van der Waals surface area contributed by atoms with Gasteiger partial charge in [-0.3, -0.25) is 0 Å². The zero-order valence-electron chi connectivity index (χ0n) is 11.7. The maximum absolute atomic E-state index is 13.9. The predicted octanol–water partition coefficient (Wildman–Crippen LogP) is 3.80. The molecule has 27 heavy (non-hydrogen) atoms. The number of carboxylic acids is 1. The van der Waals surface area contributed by atoms with Crippen molar-refractivity contribution in [1.29, 1.82) is 0 Å². The van der Waals surface area contributed by atoms with Crippen molar-refractivity contribution < 1.29 is 76.1 Å². The van der Waals surface area contributed by atoms with Crippen molar-refractivity contribution in [3.05, 3.63) is 0 Å². The lowest BCUT2D eigenvalue weighted by Crippen LogP contribution is -2.84. The Labute approximate surface area is 137 Å². The largest absolute Gasteiger partial charge is 0.477 e. The van der Waals surface area contributed by atoms with E-state index >= 15 is 0 Å². The molecular weight excluding hydrogens is 438 g/mol. The van der Waals surface area contributed by atoms with Crippen LogP contribution in [0.15, 0.2) is 0 Å². The van der Waals surface area contributed by atoms with Gasteiger partial charge < -0.3 is 11.3 Å². The van der Waals surface area contributed by atoms with Gasteiger partial charge in [0.25, 0.3) is 0 Å². The van der Waals surface area contributed by atoms with Crippen LogP contribution in [0.1, 0.15) is 0 Å². The van der Waals surface area contributed by atoms with Gasteiger partial charge in [-0.1, -0.05) is 0 Å². The molecule has 0 aliphatic carbocycles. The Morgan fingerprint density at radius 1 is 0.778 bits per heavy atom. The van der Waals surface area contributed by atoms with Crippen LogP contribution in [0, 0.1) is 0 Å². The van der Waals surface area contributed by atoms with Crippen LogP contribution in [-0.2, 0) is 9.53 Å². The molecule has 0 aromatic heterocycles. The smallest absolute Gasteiger partial charge is 0.444 e. The molecular formula is C8H4F14N2O3. The van der Waals surface area contributed by atoms with Gasteiger partial charge >= 0.3 is 48.2 Å². The first kappa shape index (κ1) is 25.4. The molecule has 1 aliphatic rings. The van der Waals surface area contributed by atoms with Crippen LogP contribution in [0.2, 0.25) is 0 Å². The van der Waals surface area contributed by atoms with Crippen molar-refractivity contribution >= 4 is 5.97 Å². The second kappa shape index (κ2) is 5.93. The minimum Gasteiger partial charge on any atom is -0.477 e. The summed E-state index contributed by atoms with van der Waals surface area (Å²) in [7, 11) is 0.